The van der Waals surface area contributed by atoms with Gasteiger partial charge in [0.1, 0.15) is 5.54 Å². The smallest absolute Gasteiger partial charge is 0.122 e. The van der Waals surface area contributed by atoms with Crippen LogP contribution in [-0.4, -0.2) is 37.1 Å². The van der Waals surface area contributed by atoms with E-state index in [0.717, 1.165) is 6.54 Å². The molecule has 1 rings (SSSR count). The number of hydrogen-bond donors (Lipinski definition) is 1. The topological polar surface area (TPSA) is 39.1 Å². The second kappa shape index (κ2) is 4.29. The molecule has 80 valence electrons. The van der Waals surface area contributed by atoms with E-state index in [4.69, 9.17) is 0 Å². The Kier molecular flexibility index (Phi) is 3.52. The van der Waals surface area contributed by atoms with Crippen molar-refractivity contribution in [2.24, 2.45) is 5.92 Å². The van der Waals surface area contributed by atoms with Gasteiger partial charge in [0.2, 0.25) is 0 Å². The van der Waals surface area contributed by atoms with E-state index < -0.39 is 0 Å². The summed E-state index contributed by atoms with van der Waals surface area (Å²) in [7, 11) is 4.05. The highest BCUT2D eigenvalue weighted by Crippen LogP contribution is 2.40. The maximum Gasteiger partial charge on any atom is 0.122 e. The van der Waals surface area contributed by atoms with Gasteiger partial charge in [0, 0.05) is 12.6 Å². The molecular weight excluding hydrogens is 174 g/mol. The van der Waals surface area contributed by atoms with Crippen LogP contribution in [0.5, 0.6) is 0 Å². The Morgan fingerprint density at radius 1 is 1.50 bits per heavy atom. The fourth-order valence-corrected chi connectivity index (χ4v) is 2.04. The number of nitrogens with zero attached hydrogens (tertiary/aromatic N) is 2. The third kappa shape index (κ3) is 2.70. The second-order valence-electron chi connectivity index (χ2n) is 4.89. The van der Waals surface area contributed by atoms with Gasteiger partial charge in [-0.1, -0.05) is 0 Å². The van der Waals surface area contributed by atoms with E-state index in [2.05, 4.69) is 30.1 Å². The van der Waals surface area contributed by atoms with Gasteiger partial charge in [-0.25, -0.2) is 0 Å². The largest absolute Gasteiger partial charge is 0.306 e. The number of nitrogens with one attached hydrogen (secondary N) is 1. The minimum atomic E-state index is -0.322. The van der Waals surface area contributed by atoms with Crippen molar-refractivity contribution in [1.29, 1.82) is 5.26 Å². The maximum atomic E-state index is 9.35. The fraction of sp³-hybridized carbons (Fsp3) is 0.909. The second-order valence-corrected chi connectivity index (χ2v) is 4.89. The Labute approximate surface area is 87.1 Å². The lowest BCUT2D eigenvalue weighted by Crippen LogP contribution is -2.55. The van der Waals surface area contributed by atoms with Gasteiger partial charge in [-0.05, 0) is 46.7 Å². The molecule has 0 aromatic heterocycles. The molecule has 0 spiro atoms. The van der Waals surface area contributed by atoms with Crippen molar-refractivity contribution in [3.8, 4) is 6.07 Å². The molecule has 1 saturated carbocycles. The molecule has 0 aromatic rings. The van der Waals surface area contributed by atoms with Crippen LogP contribution >= 0.6 is 0 Å². The molecule has 1 atom stereocenters. The normalized spacial score (nSPS) is 20.9. The number of hydrogen-bond acceptors (Lipinski definition) is 3. The fourth-order valence-electron chi connectivity index (χ4n) is 2.04. The average Bonchev–Trinajstić information content (AvgIpc) is 2.83. The van der Waals surface area contributed by atoms with Crippen LogP contribution in [0.25, 0.3) is 0 Å². The molecule has 1 fully saturated rings. The van der Waals surface area contributed by atoms with E-state index in [9.17, 15) is 5.26 Å². The highest BCUT2D eigenvalue weighted by atomic mass is 15.1. The zero-order valence-electron chi connectivity index (χ0n) is 9.67. The lowest BCUT2D eigenvalue weighted by Gasteiger charge is -2.32. The van der Waals surface area contributed by atoms with Crippen LogP contribution in [0.15, 0.2) is 0 Å². The van der Waals surface area contributed by atoms with Gasteiger partial charge in [0.15, 0.2) is 0 Å². The Hall–Kier alpha value is -0.590. The van der Waals surface area contributed by atoms with Crippen molar-refractivity contribution >= 4 is 0 Å². The molecule has 1 N–H and O–H groups in total. The summed E-state index contributed by atoms with van der Waals surface area (Å²) in [5.74, 6) is 0.553. The zero-order chi connectivity index (χ0) is 10.8. The predicted octanol–water partition coefficient (Wildman–Crippen LogP) is 1.22. The SMILES string of the molecule is CC(C)NC(C#N)(CN(C)C)C1CC1. The summed E-state index contributed by atoms with van der Waals surface area (Å²) in [6.45, 7) is 5.01. The number of rotatable bonds is 5. The van der Waals surface area contributed by atoms with Gasteiger partial charge >= 0.3 is 0 Å². The van der Waals surface area contributed by atoms with Crippen molar-refractivity contribution < 1.29 is 0 Å². The van der Waals surface area contributed by atoms with Crippen LogP contribution in [-0.2, 0) is 0 Å². The summed E-state index contributed by atoms with van der Waals surface area (Å²) in [6.07, 6.45) is 2.39. The first kappa shape index (κ1) is 11.5. The van der Waals surface area contributed by atoms with Crippen molar-refractivity contribution in [1.82, 2.24) is 10.2 Å². The maximum absolute atomic E-state index is 9.35. The predicted molar refractivity (Wildman–Crippen MR) is 57.9 cm³/mol. The molecule has 1 unspecified atom stereocenters. The Bertz CT molecular complexity index is 213. The zero-order valence-corrected chi connectivity index (χ0v) is 9.67. The van der Waals surface area contributed by atoms with Crippen molar-refractivity contribution in [2.45, 2.75) is 38.3 Å². The molecule has 1 aliphatic carbocycles. The Morgan fingerprint density at radius 3 is 2.36 bits per heavy atom. The molecular formula is C11H21N3. The van der Waals surface area contributed by atoms with Crippen LogP contribution < -0.4 is 5.32 Å². The summed E-state index contributed by atoms with van der Waals surface area (Å²) in [4.78, 5) is 2.09. The molecule has 1 aliphatic rings. The Balaban J connectivity index is 2.70. The van der Waals surface area contributed by atoms with Crippen LogP contribution in [0, 0.1) is 17.2 Å². The molecule has 3 heteroatoms. The van der Waals surface area contributed by atoms with E-state index in [-0.39, 0.29) is 5.54 Å². The summed E-state index contributed by atoms with van der Waals surface area (Å²) >= 11 is 0. The molecule has 0 saturated heterocycles. The molecule has 3 nitrogen and oxygen atoms in total. The summed E-state index contributed by atoms with van der Waals surface area (Å²) < 4.78 is 0. The summed E-state index contributed by atoms with van der Waals surface area (Å²) in [5.41, 5.74) is -0.322. The van der Waals surface area contributed by atoms with E-state index in [0.29, 0.717) is 12.0 Å². The van der Waals surface area contributed by atoms with Crippen molar-refractivity contribution in [2.75, 3.05) is 20.6 Å². The molecule has 0 heterocycles. The standard InChI is InChI=1S/C11H21N3/c1-9(2)13-11(7-12,8-14(3)4)10-5-6-10/h9-10,13H,5-6,8H2,1-4H3. The lowest BCUT2D eigenvalue weighted by atomic mass is 9.93. The summed E-state index contributed by atoms with van der Waals surface area (Å²) in [6, 6.07) is 2.86. The molecule has 14 heavy (non-hydrogen) atoms. The van der Waals surface area contributed by atoms with E-state index in [1.807, 2.05) is 14.1 Å². The molecule has 0 aliphatic heterocycles. The number of nitriles is 1. The monoisotopic (exact) mass is 195 g/mol. The highest BCUT2D eigenvalue weighted by molar-refractivity contribution is 5.16. The third-order valence-electron chi connectivity index (χ3n) is 2.59. The van der Waals surface area contributed by atoms with Crippen LogP contribution in [0.2, 0.25) is 0 Å². The minimum Gasteiger partial charge on any atom is -0.306 e. The van der Waals surface area contributed by atoms with Gasteiger partial charge < -0.3 is 4.90 Å². The van der Waals surface area contributed by atoms with Gasteiger partial charge in [-0.2, -0.15) is 5.26 Å². The first-order chi connectivity index (χ1) is 6.50. The quantitative estimate of drug-likeness (QED) is 0.717. The van der Waals surface area contributed by atoms with Crippen LogP contribution in [0.3, 0.4) is 0 Å². The van der Waals surface area contributed by atoms with Gasteiger partial charge in [-0.15, -0.1) is 0 Å². The average molecular weight is 195 g/mol. The third-order valence-corrected chi connectivity index (χ3v) is 2.59. The highest BCUT2D eigenvalue weighted by Gasteiger charge is 2.46. The molecule has 0 bridgehead atoms. The first-order valence-corrected chi connectivity index (χ1v) is 5.34. The van der Waals surface area contributed by atoms with Gasteiger partial charge in [0.25, 0.3) is 0 Å². The van der Waals surface area contributed by atoms with Gasteiger partial charge in [0.05, 0.1) is 6.07 Å². The van der Waals surface area contributed by atoms with E-state index >= 15 is 0 Å². The number of likely N-dealkylation sites (N-methyl/N-ethyl adjacent to an activating group) is 1. The van der Waals surface area contributed by atoms with Gasteiger partial charge in [-0.3, -0.25) is 5.32 Å². The van der Waals surface area contributed by atoms with Crippen molar-refractivity contribution in [3.63, 3.8) is 0 Å². The summed E-state index contributed by atoms with van der Waals surface area (Å²) in [5, 5.41) is 12.8. The van der Waals surface area contributed by atoms with Crippen LogP contribution in [0.4, 0.5) is 0 Å². The van der Waals surface area contributed by atoms with E-state index in [1.54, 1.807) is 0 Å². The van der Waals surface area contributed by atoms with Crippen LogP contribution in [0.1, 0.15) is 26.7 Å². The minimum absolute atomic E-state index is 0.322. The molecule has 0 aromatic carbocycles. The van der Waals surface area contributed by atoms with E-state index in [1.165, 1.54) is 12.8 Å². The molecule has 0 amide bonds. The first-order valence-electron chi connectivity index (χ1n) is 5.34. The lowest BCUT2D eigenvalue weighted by molar-refractivity contribution is 0.245. The molecule has 0 radical (unpaired) electrons. The van der Waals surface area contributed by atoms with Crippen molar-refractivity contribution in [3.05, 3.63) is 0 Å². The Morgan fingerprint density at radius 2 is 2.07 bits per heavy atom.